The minimum absolute atomic E-state index is 0.426. The van der Waals surface area contributed by atoms with Crippen LogP contribution in [0, 0.1) is 11.8 Å². The zero-order valence-electron chi connectivity index (χ0n) is 12.1. The van der Waals surface area contributed by atoms with Crippen LogP contribution in [0.1, 0.15) is 45.2 Å². The van der Waals surface area contributed by atoms with Crippen LogP contribution in [0.5, 0.6) is 0 Å². The molecule has 104 valence electrons. The summed E-state index contributed by atoms with van der Waals surface area (Å²) in [5.41, 5.74) is 2.92. The topological polar surface area (TPSA) is 12.0 Å². The van der Waals surface area contributed by atoms with Crippen LogP contribution in [0.4, 0.5) is 0 Å². The molecule has 1 aromatic carbocycles. The zero-order valence-corrected chi connectivity index (χ0v) is 13.7. The van der Waals surface area contributed by atoms with E-state index in [0.717, 1.165) is 22.9 Å². The van der Waals surface area contributed by atoms with Crippen LogP contribution >= 0.6 is 15.9 Å². The van der Waals surface area contributed by atoms with E-state index in [-0.39, 0.29) is 0 Å². The Morgan fingerprint density at radius 2 is 2.00 bits per heavy atom. The lowest BCUT2D eigenvalue weighted by Crippen LogP contribution is -2.28. The quantitative estimate of drug-likeness (QED) is 0.761. The molecule has 0 saturated carbocycles. The summed E-state index contributed by atoms with van der Waals surface area (Å²) in [6, 6.07) is 9.04. The molecule has 0 saturated heterocycles. The second-order valence-electron chi connectivity index (χ2n) is 5.98. The molecule has 1 aliphatic carbocycles. The molecule has 2 rings (SSSR count). The normalized spacial score (nSPS) is 24.9. The number of nitrogens with one attached hydrogen (secondary N) is 1. The van der Waals surface area contributed by atoms with Crippen LogP contribution in [0.3, 0.4) is 0 Å². The summed E-state index contributed by atoms with van der Waals surface area (Å²) >= 11 is 3.48. The van der Waals surface area contributed by atoms with E-state index in [0.29, 0.717) is 6.04 Å². The minimum atomic E-state index is 0.426. The van der Waals surface area contributed by atoms with Gasteiger partial charge in [0.25, 0.3) is 0 Å². The summed E-state index contributed by atoms with van der Waals surface area (Å²) in [5.74, 6) is 1.53. The van der Waals surface area contributed by atoms with Gasteiger partial charge in [0.2, 0.25) is 0 Å². The Kier molecular flexibility index (Phi) is 5.23. The Morgan fingerprint density at radius 3 is 2.63 bits per heavy atom. The molecule has 0 heterocycles. The van der Waals surface area contributed by atoms with Gasteiger partial charge in [-0.3, -0.25) is 0 Å². The van der Waals surface area contributed by atoms with Crippen molar-refractivity contribution in [2.45, 2.75) is 39.7 Å². The number of allylic oxidation sites excluding steroid dienone is 2. The number of halogens is 1. The van der Waals surface area contributed by atoms with Crippen molar-refractivity contribution in [2.24, 2.45) is 11.8 Å². The molecular formula is C17H24BrN. The summed E-state index contributed by atoms with van der Waals surface area (Å²) in [7, 11) is 0. The first-order chi connectivity index (χ1) is 9.04. The molecule has 0 aliphatic heterocycles. The molecule has 1 aromatic rings. The van der Waals surface area contributed by atoms with E-state index in [1.54, 1.807) is 5.57 Å². The fourth-order valence-electron chi connectivity index (χ4n) is 3.05. The van der Waals surface area contributed by atoms with Gasteiger partial charge in [0.05, 0.1) is 0 Å². The fraction of sp³-hybridized carbons (Fsp3) is 0.529. The Hall–Kier alpha value is -0.600. The van der Waals surface area contributed by atoms with Gasteiger partial charge in [-0.2, -0.15) is 0 Å². The third-order valence-electron chi connectivity index (χ3n) is 3.97. The molecule has 3 unspecified atom stereocenters. The van der Waals surface area contributed by atoms with Gasteiger partial charge in [-0.15, -0.1) is 0 Å². The SMILES string of the molecule is CC1=CC(C)CC(CNC(C)c2ccc(Br)cc2)C1. The maximum atomic E-state index is 3.69. The van der Waals surface area contributed by atoms with Crippen molar-refractivity contribution in [3.05, 3.63) is 46.0 Å². The van der Waals surface area contributed by atoms with E-state index in [1.807, 2.05) is 0 Å². The van der Waals surface area contributed by atoms with E-state index in [4.69, 9.17) is 0 Å². The van der Waals surface area contributed by atoms with Crippen LogP contribution in [0.15, 0.2) is 40.4 Å². The molecule has 1 nitrogen and oxygen atoms in total. The van der Waals surface area contributed by atoms with E-state index < -0.39 is 0 Å². The molecule has 0 radical (unpaired) electrons. The van der Waals surface area contributed by atoms with Gasteiger partial charge in [0.1, 0.15) is 0 Å². The molecule has 0 aromatic heterocycles. The monoisotopic (exact) mass is 321 g/mol. The van der Waals surface area contributed by atoms with Crippen LogP contribution < -0.4 is 5.32 Å². The minimum Gasteiger partial charge on any atom is -0.310 e. The molecule has 19 heavy (non-hydrogen) atoms. The third kappa shape index (κ3) is 4.47. The molecule has 2 heteroatoms. The van der Waals surface area contributed by atoms with Crippen molar-refractivity contribution < 1.29 is 0 Å². The van der Waals surface area contributed by atoms with Gasteiger partial charge < -0.3 is 5.32 Å². The van der Waals surface area contributed by atoms with Crippen LogP contribution in [0.25, 0.3) is 0 Å². The fourth-order valence-corrected chi connectivity index (χ4v) is 3.32. The molecule has 0 fully saturated rings. The third-order valence-corrected chi connectivity index (χ3v) is 4.50. The molecule has 0 spiro atoms. The van der Waals surface area contributed by atoms with Gasteiger partial charge in [0, 0.05) is 10.5 Å². The van der Waals surface area contributed by atoms with Gasteiger partial charge in [0.15, 0.2) is 0 Å². The second kappa shape index (κ2) is 6.71. The number of rotatable bonds is 4. The molecule has 0 amide bonds. The number of hydrogen-bond donors (Lipinski definition) is 1. The Bertz CT molecular complexity index is 435. The van der Waals surface area contributed by atoms with Crippen molar-refractivity contribution in [1.82, 2.24) is 5.32 Å². The number of benzene rings is 1. The van der Waals surface area contributed by atoms with Gasteiger partial charge in [-0.1, -0.05) is 46.6 Å². The maximum Gasteiger partial charge on any atom is 0.0291 e. The Morgan fingerprint density at radius 1 is 1.32 bits per heavy atom. The van der Waals surface area contributed by atoms with Crippen molar-refractivity contribution in [3.8, 4) is 0 Å². The van der Waals surface area contributed by atoms with Gasteiger partial charge in [-0.05, 0) is 62.8 Å². The van der Waals surface area contributed by atoms with Gasteiger partial charge in [-0.25, -0.2) is 0 Å². The second-order valence-corrected chi connectivity index (χ2v) is 6.89. The van der Waals surface area contributed by atoms with Crippen molar-refractivity contribution in [1.29, 1.82) is 0 Å². The highest BCUT2D eigenvalue weighted by Gasteiger charge is 2.18. The predicted molar refractivity (Wildman–Crippen MR) is 86.2 cm³/mol. The lowest BCUT2D eigenvalue weighted by molar-refractivity contribution is 0.367. The lowest BCUT2D eigenvalue weighted by atomic mass is 9.83. The molecule has 0 bridgehead atoms. The Labute approximate surface area is 125 Å². The highest BCUT2D eigenvalue weighted by atomic mass is 79.9. The lowest BCUT2D eigenvalue weighted by Gasteiger charge is -2.27. The van der Waals surface area contributed by atoms with Crippen molar-refractivity contribution >= 4 is 15.9 Å². The molecule has 3 atom stereocenters. The average Bonchev–Trinajstić information content (AvgIpc) is 2.36. The standard InChI is InChI=1S/C17H24BrN/c1-12-8-13(2)10-15(9-12)11-19-14(3)16-4-6-17(18)7-5-16/h4-8,12,14-15,19H,9-11H2,1-3H3. The van der Waals surface area contributed by atoms with Crippen LogP contribution in [0.2, 0.25) is 0 Å². The largest absolute Gasteiger partial charge is 0.310 e. The molecule has 1 N–H and O–H groups in total. The summed E-state index contributed by atoms with van der Waals surface area (Å²) in [6.07, 6.45) is 5.00. The van der Waals surface area contributed by atoms with Gasteiger partial charge >= 0.3 is 0 Å². The first kappa shape index (κ1) is 14.8. The Balaban J connectivity index is 1.85. The van der Waals surface area contributed by atoms with Crippen LogP contribution in [-0.4, -0.2) is 6.54 Å². The highest BCUT2D eigenvalue weighted by Crippen LogP contribution is 2.28. The molecule has 1 aliphatic rings. The summed E-state index contributed by atoms with van der Waals surface area (Å²) in [5, 5.41) is 3.69. The summed E-state index contributed by atoms with van der Waals surface area (Å²) in [6.45, 7) is 7.96. The smallest absolute Gasteiger partial charge is 0.0291 e. The molecular weight excluding hydrogens is 298 g/mol. The number of hydrogen-bond acceptors (Lipinski definition) is 1. The van der Waals surface area contributed by atoms with E-state index in [9.17, 15) is 0 Å². The zero-order chi connectivity index (χ0) is 13.8. The van der Waals surface area contributed by atoms with Crippen molar-refractivity contribution in [3.63, 3.8) is 0 Å². The first-order valence-electron chi connectivity index (χ1n) is 7.20. The summed E-state index contributed by atoms with van der Waals surface area (Å²) < 4.78 is 1.14. The van der Waals surface area contributed by atoms with E-state index in [2.05, 4.69) is 72.4 Å². The van der Waals surface area contributed by atoms with Crippen molar-refractivity contribution in [2.75, 3.05) is 6.54 Å². The average molecular weight is 322 g/mol. The van der Waals surface area contributed by atoms with Crippen LogP contribution in [-0.2, 0) is 0 Å². The maximum absolute atomic E-state index is 3.69. The van der Waals surface area contributed by atoms with E-state index in [1.165, 1.54) is 18.4 Å². The summed E-state index contributed by atoms with van der Waals surface area (Å²) in [4.78, 5) is 0. The van der Waals surface area contributed by atoms with E-state index >= 15 is 0 Å². The first-order valence-corrected chi connectivity index (χ1v) is 8.00. The predicted octanol–water partition coefficient (Wildman–Crippen LogP) is 5.09. The highest BCUT2D eigenvalue weighted by molar-refractivity contribution is 9.10.